The van der Waals surface area contributed by atoms with Crippen LogP contribution >= 0.6 is 0 Å². The van der Waals surface area contributed by atoms with Crippen LogP contribution in [-0.2, 0) is 13.0 Å². The Balaban J connectivity index is 1.80. The maximum absolute atomic E-state index is 9.58. The van der Waals surface area contributed by atoms with Crippen LogP contribution in [0.15, 0.2) is 23.0 Å². The summed E-state index contributed by atoms with van der Waals surface area (Å²) in [5.74, 6) is 0.876. The summed E-state index contributed by atoms with van der Waals surface area (Å²) in [6.45, 7) is 3.11. The second kappa shape index (κ2) is 5.40. The van der Waals surface area contributed by atoms with Crippen LogP contribution in [0.3, 0.4) is 0 Å². The average Bonchev–Trinajstić information content (AvgIpc) is 2.82. The SMILES string of the molecule is Cc1ccc(O)c(CNCCc2ncon2)n1. The number of hydrogen-bond acceptors (Lipinski definition) is 6. The van der Waals surface area contributed by atoms with Gasteiger partial charge in [-0.1, -0.05) is 5.16 Å². The molecule has 0 spiro atoms. The van der Waals surface area contributed by atoms with Crippen LogP contribution in [0.2, 0.25) is 0 Å². The van der Waals surface area contributed by atoms with Gasteiger partial charge in [0.2, 0.25) is 6.39 Å². The van der Waals surface area contributed by atoms with E-state index in [0.717, 1.165) is 5.69 Å². The summed E-state index contributed by atoms with van der Waals surface area (Å²) in [4.78, 5) is 8.15. The van der Waals surface area contributed by atoms with Gasteiger partial charge in [0.25, 0.3) is 0 Å². The second-order valence-electron chi connectivity index (χ2n) is 3.69. The quantitative estimate of drug-likeness (QED) is 0.745. The number of aryl methyl sites for hydroxylation is 1. The van der Waals surface area contributed by atoms with E-state index >= 15 is 0 Å². The molecule has 6 nitrogen and oxygen atoms in total. The maximum atomic E-state index is 9.58. The fourth-order valence-electron chi connectivity index (χ4n) is 1.44. The number of nitrogens with one attached hydrogen (secondary N) is 1. The monoisotopic (exact) mass is 234 g/mol. The van der Waals surface area contributed by atoms with Crippen molar-refractivity contribution < 1.29 is 9.63 Å². The zero-order chi connectivity index (χ0) is 12.1. The van der Waals surface area contributed by atoms with Crippen molar-refractivity contribution in [2.75, 3.05) is 6.54 Å². The van der Waals surface area contributed by atoms with Crippen molar-refractivity contribution in [1.29, 1.82) is 0 Å². The van der Waals surface area contributed by atoms with Gasteiger partial charge >= 0.3 is 0 Å². The number of nitrogens with zero attached hydrogens (tertiary/aromatic N) is 3. The highest BCUT2D eigenvalue weighted by atomic mass is 16.5. The van der Waals surface area contributed by atoms with Gasteiger partial charge in [-0.2, -0.15) is 4.98 Å². The molecule has 0 bridgehead atoms. The Kier molecular flexibility index (Phi) is 3.66. The first-order valence-electron chi connectivity index (χ1n) is 5.37. The van der Waals surface area contributed by atoms with E-state index in [1.165, 1.54) is 6.39 Å². The molecule has 0 aliphatic rings. The summed E-state index contributed by atoms with van der Waals surface area (Å²) in [6.07, 6.45) is 1.99. The smallest absolute Gasteiger partial charge is 0.213 e. The third kappa shape index (κ3) is 3.25. The molecule has 0 atom stereocenters. The molecule has 0 aliphatic heterocycles. The van der Waals surface area contributed by atoms with Gasteiger partial charge in [-0.05, 0) is 19.1 Å². The van der Waals surface area contributed by atoms with E-state index in [9.17, 15) is 5.11 Å². The minimum absolute atomic E-state index is 0.211. The third-order valence-electron chi connectivity index (χ3n) is 2.31. The van der Waals surface area contributed by atoms with Gasteiger partial charge in [-0.15, -0.1) is 0 Å². The first-order valence-corrected chi connectivity index (χ1v) is 5.37. The molecule has 17 heavy (non-hydrogen) atoms. The van der Waals surface area contributed by atoms with E-state index in [2.05, 4.69) is 25.0 Å². The van der Waals surface area contributed by atoms with Crippen molar-refractivity contribution >= 4 is 0 Å². The van der Waals surface area contributed by atoms with Crippen LogP contribution in [0, 0.1) is 6.92 Å². The minimum Gasteiger partial charge on any atom is -0.506 e. The summed E-state index contributed by atoms with van der Waals surface area (Å²) in [5, 5.41) is 16.4. The zero-order valence-electron chi connectivity index (χ0n) is 9.55. The fraction of sp³-hybridized carbons (Fsp3) is 0.364. The number of rotatable bonds is 5. The van der Waals surface area contributed by atoms with Gasteiger partial charge in [-0.25, -0.2) is 0 Å². The Morgan fingerprint density at radius 2 is 2.29 bits per heavy atom. The van der Waals surface area contributed by atoms with Gasteiger partial charge in [0, 0.05) is 25.2 Å². The van der Waals surface area contributed by atoms with Crippen molar-refractivity contribution in [3.8, 4) is 5.75 Å². The molecule has 2 N–H and O–H groups in total. The van der Waals surface area contributed by atoms with Crippen molar-refractivity contribution in [3.63, 3.8) is 0 Å². The van der Waals surface area contributed by atoms with Crippen LogP contribution in [0.5, 0.6) is 5.75 Å². The van der Waals surface area contributed by atoms with Crippen molar-refractivity contribution in [2.45, 2.75) is 19.9 Å². The molecule has 0 aliphatic carbocycles. The molecule has 2 aromatic heterocycles. The van der Waals surface area contributed by atoms with Crippen LogP contribution in [-0.4, -0.2) is 26.8 Å². The molecule has 2 heterocycles. The minimum atomic E-state index is 0.211. The Morgan fingerprint density at radius 1 is 1.41 bits per heavy atom. The third-order valence-corrected chi connectivity index (χ3v) is 2.31. The van der Waals surface area contributed by atoms with Crippen LogP contribution in [0.4, 0.5) is 0 Å². The lowest BCUT2D eigenvalue weighted by Gasteiger charge is -2.05. The normalized spacial score (nSPS) is 10.6. The Hall–Kier alpha value is -1.95. The zero-order valence-corrected chi connectivity index (χ0v) is 9.55. The summed E-state index contributed by atoms with van der Waals surface area (Å²) < 4.78 is 4.62. The molecule has 90 valence electrons. The molecular formula is C11H14N4O2. The lowest BCUT2D eigenvalue weighted by Crippen LogP contribution is -2.18. The molecule has 0 aromatic carbocycles. The number of hydrogen-bond donors (Lipinski definition) is 2. The Bertz CT molecular complexity index is 470. The average molecular weight is 234 g/mol. The van der Waals surface area contributed by atoms with E-state index in [0.29, 0.717) is 31.0 Å². The largest absolute Gasteiger partial charge is 0.506 e. The molecule has 0 amide bonds. The fourth-order valence-corrected chi connectivity index (χ4v) is 1.44. The van der Waals surface area contributed by atoms with Crippen molar-refractivity contribution in [1.82, 2.24) is 20.4 Å². The van der Waals surface area contributed by atoms with Crippen molar-refractivity contribution in [3.05, 3.63) is 35.7 Å². The molecule has 0 saturated carbocycles. The summed E-state index contributed by atoms with van der Waals surface area (Å²) >= 11 is 0. The lowest BCUT2D eigenvalue weighted by molar-refractivity contribution is 0.409. The molecule has 0 unspecified atom stereocenters. The predicted octanol–water partition coefficient (Wildman–Crippen LogP) is 0.811. The summed E-state index contributed by atoms with van der Waals surface area (Å²) in [7, 11) is 0. The van der Waals surface area contributed by atoms with E-state index in [4.69, 9.17) is 0 Å². The van der Waals surface area contributed by atoms with Gasteiger partial charge in [0.15, 0.2) is 5.82 Å². The predicted molar refractivity (Wildman–Crippen MR) is 60.3 cm³/mol. The topological polar surface area (TPSA) is 84.1 Å². The van der Waals surface area contributed by atoms with Crippen LogP contribution < -0.4 is 5.32 Å². The van der Waals surface area contributed by atoms with E-state index in [-0.39, 0.29) is 5.75 Å². The molecule has 2 aromatic rings. The Morgan fingerprint density at radius 3 is 3.06 bits per heavy atom. The maximum Gasteiger partial charge on any atom is 0.213 e. The Labute approximate surface area is 98.7 Å². The standard InChI is InChI=1S/C11H14N4O2/c1-8-2-3-10(16)9(14-8)6-12-5-4-11-13-7-17-15-11/h2-3,7,12,16H,4-6H2,1H3. The lowest BCUT2D eigenvalue weighted by atomic mass is 10.3. The summed E-state index contributed by atoms with van der Waals surface area (Å²) in [5.41, 5.74) is 1.54. The molecular weight excluding hydrogens is 220 g/mol. The second-order valence-corrected chi connectivity index (χ2v) is 3.69. The van der Waals surface area contributed by atoms with Crippen LogP contribution in [0.25, 0.3) is 0 Å². The van der Waals surface area contributed by atoms with Crippen molar-refractivity contribution in [2.24, 2.45) is 0 Å². The van der Waals surface area contributed by atoms with Gasteiger partial charge in [0.05, 0.1) is 5.69 Å². The van der Waals surface area contributed by atoms with Gasteiger partial charge < -0.3 is 14.9 Å². The molecule has 0 radical (unpaired) electrons. The number of pyridine rings is 1. The van der Waals surface area contributed by atoms with Gasteiger partial charge in [-0.3, -0.25) is 4.98 Å². The van der Waals surface area contributed by atoms with Crippen LogP contribution in [0.1, 0.15) is 17.2 Å². The molecule has 2 rings (SSSR count). The first-order chi connectivity index (χ1) is 8.25. The summed E-state index contributed by atoms with van der Waals surface area (Å²) in [6, 6.07) is 3.43. The number of aromatic hydroxyl groups is 1. The van der Waals surface area contributed by atoms with E-state index in [1.54, 1.807) is 12.1 Å². The highest BCUT2D eigenvalue weighted by Crippen LogP contribution is 2.13. The van der Waals surface area contributed by atoms with E-state index in [1.807, 2.05) is 6.92 Å². The molecule has 6 heteroatoms. The highest BCUT2D eigenvalue weighted by molar-refractivity contribution is 5.27. The van der Waals surface area contributed by atoms with E-state index < -0.39 is 0 Å². The molecule has 0 fully saturated rings. The first kappa shape index (κ1) is 11.5. The van der Waals surface area contributed by atoms with Gasteiger partial charge in [0.1, 0.15) is 5.75 Å². The number of aromatic nitrogens is 3. The molecule has 0 saturated heterocycles. The highest BCUT2D eigenvalue weighted by Gasteiger charge is 2.03.